The van der Waals surface area contributed by atoms with Crippen molar-refractivity contribution >= 4 is 10.0 Å². The first-order valence-electron chi connectivity index (χ1n) is 6.21. The number of sulfonamides is 1. The molecule has 0 aliphatic carbocycles. The Kier molecular flexibility index (Phi) is 3.75. The number of hydrogen-bond acceptors (Lipinski definition) is 3. The van der Waals surface area contributed by atoms with E-state index in [1.807, 2.05) is 26.8 Å². The predicted molar refractivity (Wildman–Crippen MR) is 72.1 cm³/mol. The summed E-state index contributed by atoms with van der Waals surface area (Å²) in [6, 6.07) is 5.68. The van der Waals surface area contributed by atoms with Crippen molar-refractivity contribution in [1.29, 1.82) is 0 Å². The van der Waals surface area contributed by atoms with Crippen LogP contribution in [0.5, 0.6) is 0 Å². The van der Waals surface area contributed by atoms with Crippen molar-refractivity contribution in [1.82, 2.24) is 9.62 Å². The fourth-order valence-electron chi connectivity index (χ4n) is 2.35. The third-order valence-corrected chi connectivity index (χ3v) is 5.01. The summed E-state index contributed by atoms with van der Waals surface area (Å²) in [4.78, 5) is 0.411. The summed E-state index contributed by atoms with van der Waals surface area (Å²) >= 11 is 0. The van der Waals surface area contributed by atoms with Crippen LogP contribution in [0.15, 0.2) is 23.1 Å². The van der Waals surface area contributed by atoms with Crippen LogP contribution in [0.2, 0.25) is 0 Å². The van der Waals surface area contributed by atoms with E-state index in [4.69, 9.17) is 0 Å². The molecule has 0 unspecified atom stereocenters. The van der Waals surface area contributed by atoms with Crippen LogP contribution in [0.1, 0.15) is 18.1 Å². The van der Waals surface area contributed by atoms with E-state index < -0.39 is 10.0 Å². The molecular formula is C13H20N2O2S. The van der Waals surface area contributed by atoms with Crippen molar-refractivity contribution in [3.05, 3.63) is 29.3 Å². The van der Waals surface area contributed by atoms with Gasteiger partial charge in [-0.2, -0.15) is 4.31 Å². The summed E-state index contributed by atoms with van der Waals surface area (Å²) in [5.74, 6) is 0. The first kappa shape index (κ1) is 13.5. The zero-order valence-corrected chi connectivity index (χ0v) is 11.9. The molecule has 1 heterocycles. The minimum atomic E-state index is -3.35. The number of benzene rings is 1. The van der Waals surface area contributed by atoms with Crippen molar-refractivity contribution < 1.29 is 8.42 Å². The molecule has 4 nitrogen and oxygen atoms in total. The van der Waals surface area contributed by atoms with Gasteiger partial charge in [0.2, 0.25) is 10.0 Å². The van der Waals surface area contributed by atoms with Crippen LogP contribution in [-0.2, 0) is 10.0 Å². The average molecular weight is 268 g/mol. The fraction of sp³-hybridized carbons (Fsp3) is 0.538. The molecule has 1 aromatic rings. The lowest BCUT2D eigenvalue weighted by atomic mass is 10.2. The summed E-state index contributed by atoms with van der Waals surface area (Å²) in [6.45, 7) is 7.64. The van der Waals surface area contributed by atoms with Crippen LogP contribution in [0.4, 0.5) is 0 Å². The summed E-state index contributed by atoms with van der Waals surface area (Å²) in [7, 11) is -3.35. The molecule has 1 aliphatic rings. The molecule has 5 heteroatoms. The van der Waals surface area contributed by atoms with Gasteiger partial charge in [0, 0.05) is 25.7 Å². The molecule has 0 amide bonds. The van der Waals surface area contributed by atoms with Gasteiger partial charge < -0.3 is 5.32 Å². The number of nitrogens with zero attached hydrogens (tertiary/aromatic N) is 1. The fourth-order valence-corrected chi connectivity index (χ4v) is 4.07. The molecule has 18 heavy (non-hydrogen) atoms. The Labute approximate surface area is 109 Å². The number of aryl methyl sites for hydroxylation is 2. The molecule has 100 valence electrons. The Morgan fingerprint density at radius 1 is 1.22 bits per heavy atom. The van der Waals surface area contributed by atoms with E-state index in [0.29, 0.717) is 24.5 Å². The van der Waals surface area contributed by atoms with Gasteiger partial charge in [0.25, 0.3) is 0 Å². The van der Waals surface area contributed by atoms with Gasteiger partial charge in [0.1, 0.15) is 0 Å². The number of rotatable bonds is 2. The van der Waals surface area contributed by atoms with Crippen LogP contribution in [0.3, 0.4) is 0 Å². The van der Waals surface area contributed by atoms with Crippen molar-refractivity contribution in [2.24, 2.45) is 0 Å². The first-order chi connectivity index (χ1) is 8.39. The van der Waals surface area contributed by atoms with E-state index in [-0.39, 0.29) is 6.04 Å². The molecule has 1 aromatic carbocycles. The van der Waals surface area contributed by atoms with Crippen molar-refractivity contribution in [3.63, 3.8) is 0 Å². The average Bonchev–Trinajstić information content (AvgIpc) is 2.27. The van der Waals surface area contributed by atoms with Crippen LogP contribution < -0.4 is 5.32 Å². The van der Waals surface area contributed by atoms with Crippen LogP contribution in [0.25, 0.3) is 0 Å². The van der Waals surface area contributed by atoms with E-state index in [2.05, 4.69) is 5.32 Å². The van der Waals surface area contributed by atoms with Crippen molar-refractivity contribution in [2.75, 3.05) is 19.6 Å². The standard InChI is InChI=1S/C13H20N2O2S/c1-10-6-11(2)8-13(7-10)18(16,17)15-5-4-14-12(3)9-15/h6-8,12,14H,4-5,9H2,1-3H3/t12-/m0/s1. The Hall–Kier alpha value is -0.910. The molecular weight excluding hydrogens is 248 g/mol. The molecule has 0 bridgehead atoms. The van der Waals surface area contributed by atoms with Crippen molar-refractivity contribution in [3.8, 4) is 0 Å². The van der Waals surface area contributed by atoms with Crippen molar-refractivity contribution in [2.45, 2.75) is 31.7 Å². The molecule has 1 fully saturated rings. The first-order valence-corrected chi connectivity index (χ1v) is 7.65. The van der Waals surface area contributed by atoms with E-state index >= 15 is 0 Å². The molecule has 0 spiro atoms. The lowest BCUT2D eigenvalue weighted by Crippen LogP contribution is -2.51. The maximum Gasteiger partial charge on any atom is 0.243 e. The summed E-state index contributed by atoms with van der Waals surface area (Å²) in [5, 5.41) is 3.25. The number of nitrogens with one attached hydrogen (secondary N) is 1. The van der Waals surface area contributed by atoms with Gasteiger partial charge in [-0.25, -0.2) is 8.42 Å². The van der Waals surface area contributed by atoms with Gasteiger partial charge in [-0.3, -0.25) is 0 Å². The highest BCUT2D eigenvalue weighted by atomic mass is 32.2. The summed E-state index contributed by atoms with van der Waals surface area (Å²) in [6.07, 6.45) is 0. The Balaban J connectivity index is 2.35. The maximum atomic E-state index is 12.5. The molecule has 1 saturated heterocycles. The molecule has 0 radical (unpaired) electrons. The monoisotopic (exact) mass is 268 g/mol. The van der Waals surface area contributed by atoms with Gasteiger partial charge in [-0.1, -0.05) is 6.07 Å². The van der Waals surface area contributed by atoms with Gasteiger partial charge in [0.15, 0.2) is 0 Å². The van der Waals surface area contributed by atoms with Crippen LogP contribution in [-0.4, -0.2) is 38.4 Å². The lowest BCUT2D eigenvalue weighted by molar-refractivity contribution is 0.310. The molecule has 1 N–H and O–H groups in total. The van der Waals surface area contributed by atoms with Gasteiger partial charge in [-0.15, -0.1) is 0 Å². The second kappa shape index (κ2) is 4.99. The third-order valence-electron chi connectivity index (χ3n) is 3.16. The molecule has 1 aliphatic heterocycles. The number of hydrogen-bond donors (Lipinski definition) is 1. The second-order valence-electron chi connectivity index (χ2n) is 5.04. The highest BCUT2D eigenvalue weighted by molar-refractivity contribution is 7.89. The minimum absolute atomic E-state index is 0.208. The minimum Gasteiger partial charge on any atom is -0.312 e. The van der Waals surface area contributed by atoms with E-state index in [0.717, 1.165) is 11.1 Å². The number of piperazine rings is 1. The summed E-state index contributed by atoms with van der Waals surface area (Å²) in [5.41, 5.74) is 1.97. The van der Waals surface area contributed by atoms with Gasteiger partial charge >= 0.3 is 0 Å². The Morgan fingerprint density at radius 3 is 2.39 bits per heavy atom. The van der Waals surface area contributed by atoms with Crippen LogP contribution in [0, 0.1) is 13.8 Å². The Bertz CT molecular complexity index is 520. The lowest BCUT2D eigenvalue weighted by Gasteiger charge is -2.31. The molecule has 0 aromatic heterocycles. The highest BCUT2D eigenvalue weighted by Gasteiger charge is 2.28. The second-order valence-corrected chi connectivity index (χ2v) is 6.98. The predicted octanol–water partition coefficient (Wildman–Crippen LogP) is 1.29. The van der Waals surface area contributed by atoms with Gasteiger partial charge in [0.05, 0.1) is 4.90 Å². The highest BCUT2D eigenvalue weighted by Crippen LogP contribution is 2.20. The van der Waals surface area contributed by atoms with E-state index in [1.54, 1.807) is 16.4 Å². The van der Waals surface area contributed by atoms with E-state index in [1.165, 1.54) is 0 Å². The summed E-state index contributed by atoms with van der Waals surface area (Å²) < 4.78 is 26.6. The zero-order valence-electron chi connectivity index (χ0n) is 11.1. The third kappa shape index (κ3) is 2.74. The largest absolute Gasteiger partial charge is 0.312 e. The van der Waals surface area contributed by atoms with Gasteiger partial charge in [-0.05, 0) is 44.0 Å². The maximum absolute atomic E-state index is 12.5. The normalized spacial score (nSPS) is 22.1. The SMILES string of the molecule is Cc1cc(C)cc(S(=O)(=O)N2CCN[C@@H](C)C2)c1. The smallest absolute Gasteiger partial charge is 0.243 e. The van der Waals surface area contributed by atoms with Crippen LogP contribution >= 0.6 is 0 Å². The van der Waals surface area contributed by atoms with E-state index in [9.17, 15) is 8.42 Å². The quantitative estimate of drug-likeness (QED) is 0.879. The molecule has 2 rings (SSSR count). The molecule has 0 saturated carbocycles. The Morgan fingerprint density at radius 2 is 1.83 bits per heavy atom. The zero-order chi connectivity index (χ0) is 13.3. The molecule has 1 atom stereocenters. The topological polar surface area (TPSA) is 49.4 Å².